The average Bonchev–Trinajstić information content (AvgIpc) is 3.20. The van der Waals surface area contributed by atoms with Gasteiger partial charge in [-0.1, -0.05) is 23.7 Å². The van der Waals surface area contributed by atoms with Crippen LogP contribution in [-0.2, 0) is 6.54 Å². The molecule has 0 unspecified atom stereocenters. The number of piperidine rings is 1. The van der Waals surface area contributed by atoms with Crippen LogP contribution >= 0.6 is 11.6 Å². The van der Waals surface area contributed by atoms with E-state index >= 15 is 0 Å². The fourth-order valence-electron chi connectivity index (χ4n) is 3.77. The minimum atomic E-state index is 0.443. The van der Waals surface area contributed by atoms with Gasteiger partial charge in [0.25, 0.3) is 0 Å². The number of likely N-dealkylation sites (tertiary alicyclic amines) is 1. The lowest BCUT2D eigenvalue weighted by atomic mass is 10.0. The second kappa shape index (κ2) is 8.15. The number of halogens is 1. The molecule has 0 bridgehead atoms. The SMILES string of the molecule is COc1ccc(-c2ccnn2C2CCN(Cc3ccc(Cl)cc3)CC2)cc1. The van der Waals surface area contributed by atoms with Crippen LogP contribution in [0.2, 0.25) is 5.02 Å². The first kappa shape index (κ1) is 18.1. The van der Waals surface area contributed by atoms with Gasteiger partial charge in [-0.15, -0.1) is 0 Å². The molecular formula is C22H24ClN3O. The fraction of sp³-hybridized carbons (Fsp3) is 0.318. The van der Waals surface area contributed by atoms with Crippen molar-refractivity contribution in [2.24, 2.45) is 0 Å². The molecule has 0 atom stereocenters. The van der Waals surface area contributed by atoms with E-state index in [4.69, 9.17) is 16.3 Å². The van der Waals surface area contributed by atoms with Gasteiger partial charge >= 0.3 is 0 Å². The summed E-state index contributed by atoms with van der Waals surface area (Å²) in [6.45, 7) is 3.14. The van der Waals surface area contributed by atoms with E-state index in [-0.39, 0.29) is 0 Å². The largest absolute Gasteiger partial charge is 0.497 e. The third-order valence-electron chi connectivity index (χ3n) is 5.28. The molecule has 1 fully saturated rings. The molecule has 0 saturated carbocycles. The van der Waals surface area contributed by atoms with Crippen molar-refractivity contribution >= 4 is 11.6 Å². The molecule has 2 aromatic carbocycles. The third-order valence-corrected chi connectivity index (χ3v) is 5.53. The minimum Gasteiger partial charge on any atom is -0.497 e. The number of hydrogen-bond donors (Lipinski definition) is 0. The van der Waals surface area contributed by atoms with Crippen LogP contribution in [0.3, 0.4) is 0 Å². The van der Waals surface area contributed by atoms with E-state index in [0.717, 1.165) is 43.2 Å². The third kappa shape index (κ3) is 4.18. The van der Waals surface area contributed by atoms with Gasteiger partial charge in [-0.2, -0.15) is 5.10 Å². The molecule has 5 heteroatoms. The van der Waals surface area contributed by atoms with Gasteiger partial charge in [-0.3, -0.25) is 9.58 Å². The molecule has 4 nitrogen and oxygen atoms in total. The van der Waals surface area contributed by atoms with Crippen LogP contribution in [0.15, 0.2) is 60.8 Å². The maximum absolute atomic E-state index is 5.98. The summed E-state index contributed by atoms with van der Waals surface area (Å²) >= 11 is 5.98. The Hall–Kier alpha value is -2.30. The Balaban J connectivity index is 1.41. The predicted molar refractivity (Wildman–Crippen MR) is 109 cm³/mol. The van der Waals surface area contributed by atoms with Gasteiger partial charge in [-0.05, 0) is 60.9 Å². The molecule has 27 heavy (non-hydrogen) atoms. The van der Waals surface area contributed by atoms with E-state index in [0.29, 0.717) is 6.04 Å². The zero-order valence-corrected chi connectivity index (χ0v) is 16.3. The molecule has 0 aliphatic carbocycles. The molecule has 3 aromatic rings. The number of methoxy groups -OCH3 is 1. The number of nitrogens with zero attached hydrogens (tertiary/aromatic N) is 3. The van der Waals surface area contributed by atoms with Crippen molar-refractivity contribution in [3.63, 3.8) is 0 Å². The van der Waals surface area contributed by atoms with Crippen molar-refractivity contribution in [1.29, 1.82) is 0 Å². The van der Waals surface area contributed by atoms with Gasteiger partial charge in [0.1, 0.15) is 5.75 Å². The number of hydrogen-bond acceptors (Lipinski definition) is 3. The smallest absolute Gasteiger partial charge is 0.118 e. The van der Waals surface area contributed by atoms with Crippen molar-refractivity contribution in [3.05, 3.63) is 71.4 Å². The van der Waals surface area contributed by atoms with Gasteiger partial charge in [0, 0.05) is 36.4 Å². The Morgan fingerprint density at radius 2 is 1.70 bits per heavy atom. The summed E-state index contributed by atoms with van der Waals surface area (Å²) in [5.74, 6) is 0.875. The van der Waals surface area contributed by atoms with Gasteiger partial charge in [0.15, 0.2) is 0 Å². The zero-order chi connectivity index (χ0) is 18.6. The second-order valence-corrected chi connectivity index (χ2v) is 7.46. The van der Waals surface area contributed by atoms with E-state index in [2.05, 4.69) is 45.0 Å². The van der Waals surface area contributed by atoms with Crippen LogP contribution in [0.25, 0.3) is 11.3 Å². The van der Waals surface area contributed by atoms with Gasteiger partial charge in [0.05, 0.1) is 18.8 Å². The topological polar surface area (TPSA) is 30.3 Å². The quantitative estimate of drug-likeness (QED) is 0.619. The summed E-state index contributed by atoms with van der Waals surface area (Å²) in [6.07, 6.45) is 4.12. The van der Waals surface area contributed by atoms with Crippen LogP contribution < -0.4 is 4.74 Å². The maximum atomic E-state index is 5.98. The number of rotatable bonds is 5. The summed E-state index contributed by atoms with van der Waals surface area (Å²) in [7, 11) is 1.69. The molecule has 1 aliphatic heterocycles. The monoisotopic (exact) mass is 381 g/mol. The first-order valence-electron chi connectivity index (χ1n) is 9.37. The van der Waals surface area contributed by atoms with Gasteiger partial charge in [0.2, 0.25) is 0 Å². The molecule has 0 radical (unpaired) electrons. The molecule has 0 spiro atoms. The van der Waals surface area contributed by atoms with Crippen LogP contribution in [0.1, 0.15) is 24.4 Å². The lowest BCUT2D eigenvalue weighted by Gasteiger charge is -2.32. The Kier molecular flexibility index (Phi) is 5.46. The average molecular weight is 382 g/mol. The standard InChI is InChI=1S/C22H24ClN3O/c1-27-21-8-4-18(5-9-21)22-10-13-24-26(22)20-11-14-25(15-12-20)16-17-2-6-19(23)7-3-17/h2-10,13,20H,11-12,14-16H2,1H3. The molecule has 1 aliphatic rings. The second-order valence-electron chi connectivity index (χ2n) is 7.02. The lowest BCUT2D eigenvalue weighted by Crippen LogP contribution is -2.34. The highest BCUT2D eigenvalue weighted by atomic mass is 35.5. The Labute approximate surface area is 165 Å². The summed E-state index contributed by atoms with van der Waals surface area (Å²) < 4.78 is 7.46. The first-order chi connectivity index (χ1) is 13.2. The summed E-state index contributed by atoms with van der Waals surface area (Å²) in [5, 5.41) is 5.42. The van der Waals surface area contributed by atoms with E-state index in [1.165, 1.54) is 16.8 Å². The molecular weight excluding hydrogens is 358 g/mol. The molecule has 140 valence electrons. The Bertz CT molecular complexity index is 865. The van der Waals surface area contributed by atoms with Crippen LogP contribution in [0, 0.1) is 0 Å². The minimum absolute atomic E-state index is 0.443. The lowest BCUT2D eigenvalue weighted by molar-refractivity contribution is 0.174. The Morgan fingerprint density at radius 3 is 2.37 bits per heavy atom. The Morgan fingerprint density at radius 1 is 1.00 bits per heavy atom. The maximum Gasteiger partial charge on any atom is 0.118 e. The van der Waals surface area contributed by atoms with E-state index in [1.807, 2.05) is 30.5 Å². The van der Waals surface area contributed by atoms with Crippen molar-refractivity contribution in [2.45, 2.75) is 25.4 Å². The molecule has 0 amide bonds. The van der Waals surface area contributed by atoms with Gasteiger partial charge in [-0.25, -0.2) is 0 Å². The van der Waals surface area contributed by atoms with Crippen molar-refractivity contribution in [3.8, 4) is 17.0 Å². The molecule has 2 heterocycles. The molecule has 4 rings (SSSR count). The zero-order valence-electron chi connectivity index (χ0n) is 15.5. The normalized spacial score (nSPS) is 15.8. The predicted octanol–water partition coefficient (Wildman–Crippen LogP) is 5.05. The number of aromatic nitrogens is 2. The number of benzene rings is 2. The van der Waals surface area contributed by atoms with E-state index in [1.54, 1.807) is 7.11 Å². The van der Waals surface area contributed by atoms with Crippen LogP contribution in [0.5, 0.6) is 5.75 Å². The number of ether oxygens (including phenoxy) is 1. The molecule has 1 aromatic heterocycles. The molecule has 1 saturated heterocycles. The van der Waals surface area contributed by atoms with Crippen LogP contribution in [-0.4, -0.2) is 34.9 Å². The fourth-order valence-corrected chi connectivity index (χ4v) is 3.89. The first-order valence-corrected chi connectivity index (χ1v) is 9.75. The van der Waals surface area contributed by atoms with E-state index < -0.39 is 0 Å². The van der Waals surface area contributed by atoms with Crippen molar-refractivity contribution in [1.82, 2.24) is 14.7 Å². The molecule has 0 N–H and O–H groups in total. The van der Waals surface area contributed by atoms with Crippen LogP contribution in [0.4, 0.5) is 0 Å². The summed E-state index contributed by atoms with van der Waals surface area (Å²) in [6, 6.07) is 18.9. The highest BCUT2D eigenvalue weighted by Crippen LogP contribution is 2.29. The highest BCUT2D eigenvalue weighted by Gasteiger charge is 2.23. The van der Waals surface area contributed by atoms with Gasteiger partial charge < -0.3 is 4.74 Å². The summed E-state index contributed by atoms with van der Waals surface area (Å²) in [4.78, 5) is 2.51. The van der Waals surface area contributed by atoms with Crippen molar-refractivity contribution < 1.29 is 4.74 Å². The summed E-state index contributed by atoms with van der Waals surface area (Å²) in [5.41, 5.74) is 3.67. The highest BCUT2D eigenvalue weighted by molar-refractivity contribution is 6.30. The van der Waals surface area contributed by atoms with E-state index in [9.17, 15) is 0 Å². The van der Waals surface area contributed by atoms with Crippen molar-refractivity contribution in [2.75, 3.05) is 20.2 Å².